The number of hydrogen-bond acceptors (Lipinski definition) is 3. The van der Waals surface area contributed by atoms with E-state index in [2.05, 4.69) is 34.0 Å². The average Bonchev–Trinajstić information content (AvgIpc) is 3.05. The van der Waals surface area contributed by atoms with Crippen molar-refractivity contribution in [2.75, 3.05) is 6.54 Å². The molecule has 2 N–H and O–H groups in total. The Labute approximate surface area is 113 Å². The van der Waals surface area contributed by atoms with Gasteiger partial charge in [-0.15, -0.1) is 0 Å². The van der Waals surface area contributed by atoms with Crippen LogP contribution in [0.5, 0.6) is 0 Å². The normalized spacial score (nSPS) is 26.8. The highest BCUT2D eigenvalue weighted by Gasteiger charge is 2.36. The van der Waals surface area contributed by atoms with Gasteiger partial charge in [0, 0.05) is 25.6 Å². The van der Waals surface area contributed by atoms with Crippen molar-refractivity contribution in [3.05, 3.63) is 17.7 Å². The van der Waals surface area contributed by atoms with E-state index < -0.39 is 0 Å². The molecular formula is C14H22N4O. The molecule has 2 aliphatic rings. The highest BCUT2D eigenvalue weighted by atomic mass is 16.2. The quantitative estimate of drug-likeness (QED) is 0.838. The summed E-state index contributed by atoms with van der Waals surface area (Å²) in [4.78, 5) is 22.2. The molecule has 1 amide bonds. The van der Waals surface area contributed by atoms with Gasteiger partial charge in [-0.2, -0.15) is 0 Å². The van der Waals surface area contributed by atoms with Gasteiger partial charge in [0.15, 0.2) is 0 Å². The molecule has 0 bridgehead atoms. The molecule has 3 rings (SSSR count). The molecule has 0 spiro atoms. The molecule has 5 nitrogen and oxygen atoms in total. The molecular weight excluding hydrogens is 240 g/mol. The molecule has 1 saturated heterocycles. The van der Waals surface area contributed by atoms with Gasteiger partial charge < -0.3 is 9.88 Å². The van der Waals surface area contributed by atoms with Crippen LogP contribution >= 0.6 is 0 Å². The Morgan fingerprint density at radius 1 is 1.53 bits per heavy atom. The van der Waals surface area contributed by atoms with Crippen LogP contribution in [-0.4, -0.2) is 39.4 Å². The van der Waals surface area contributed by atoms with Crippen LogP contribution in [0, 0.1) is 5.92 Å². The summed E-state index contributed by atoms with van der Waals surface area (Å²) in [6.45, 7) is 6.03. The zero-order valence-corrected chi connectivity index (χ0v) is 11.6. The molecule has 1 aromatic rings. The van der Waals surface area contributed by atoms with Crippen LogP contribution in [0.2, 0.25) is 0 Å². The molecule has 2 unspecified atom stereocenters. The lowest BCUT2D eigenvalue weighted by molar-refractivity contribution is -0.135. The summed E-state index contributed by atoms with van der Waals surface area (Å²) in [5.74, 6) is 0.792. The summed E-state index contributed by atoms with van der Waals surface area (Å²) >= 11 is 0. The van der Waals surface area contributed by atoms with E-state index in [1.54, 1.807) is 6.33 Å². The van der Waals surface area contributed by atoms with Crippen LogP contribution < -0.4 is 5.32 Å². The predicted molar refractivity (Wildman–Crippen MR) is 72.5 cm³/mol. The molecule has 0 saturated carbocycles. The lowest BCUT2D eigenvalue weighted by Gasteiger charge is -2.32. The topological polar surface area (TPSA) is 61.0 Å². The number of H-pyrrole nitrogens is 1. The Hall–Kier alpha value is -1.36. The van der Waals surface area contributed by atoms with Gasteiger partial charge in [0.05, 0.1) is 23.8 Å². The van der Waals surface area contributed by atoms with Crippen LogP contribution in [0.1, 0.15) is 38.1 Å². The Morgan fingerprint density at radius 2 is 2.37 bits per heavy atom. The number of fused-ring (bicyclic) bond motifs is 1. The Balaban J connectivity index is 1.71. The minimum atomic E-state index is -0.102. The maximum atomic E-state index is 12.7. The summed E-state index contributed by atoms with van der Waals surface area (Å²) in [7, 11) is 0. The molecule has 2 aliphatic heterocycles. The second-order valence-electron chi connectivity index (χ2n) is 5.95. The Bertz CT molecular complexity index is 468. The van der Waals surface area contributed by atoms with E-state index in [4.69, 9.17) is 0 Å². The number of aromatic nitrogens is 2. The first-order chi connectivity index (χ1) is 9.16. The summed E-state index contributed by atoms with van der Waals surface area (Å²) in [5, 5.41) is 3.34. The zero-order valence-electron chi connectivity index (χ0n) is 11.6. The van der Waals surface area contributed by atoms with Crippen molar-refractivity contribution in [1.82, 2.24) is 20.2 Å². The van der Waals surface area contributed by atoms with Gasteiger partial charge in [0.25, 0.3) is 0 Å². The summed E-state index contributed by atoms with van der Waals surface area (Å²) in [6, 6.07) is 0.310. The maximum absolute atomic E-state index is 12.7. The lowest BCUT2D eigenvalue weighted by atomic mass is 9.99. The van der Waals surface area contributed by atoms with Crippen molar-refractivity contribution in [3.63, 3.8) is 0 Å². The summed E-state index contributed by atoms with van der Waals surface area (Å²) in [5.41, 5.74) is 2.16. The monoisotopic (exact) mass is 262 g/mol. The first-order valence-corrected chi connectivity index (χ1v) is 7.22. The number of aromatic amines is 1. The highest BCUT2D eigenvalue weighted by Crippen LogP contribution is 2.25. The number of rotatable bonds is 2. The van der Waals surface area contributed by atoms with Crippen molar-refractivity contribution in [1.29, 1.82) is 0 Å². The number of likely N-dealkylation sites (tertiary alicyclic amines) is 1. The van der Waals surface area contributed by atoms with Gasteiger partial charge >= 0.3 is 0 Å². The van der Waals surface area contributed by atoms with E-state index in [0.29, 0.717) is 24.9 Å². The second kappa shape index (κ2) is 4.96. The van der Waals surface area contributed by atoms with Gasteiger partial charge in [-0.25, -0.2) is 4.98 Å². The fourth-order valence-corrected chi connectivity index (χ4v) is 3.30. The molecule has 5 heteroatoms. The third kappa shape index (κ3) is 2.27. The Kier molecular flexibility index (Phi) is 3.31. The van der Waals surface area contributed by atoms with E-state index in [0.717, 1.165) is 30.8 Å². The zero-order chi connectivity index (χ0) is 13.4. The Morgan fingerprint density at radius 3 is 3.16 bits per heavy atom. The molecule has 2 atom stereocenters. The van der Waals surface area contributed by atoms with Gasteiger partial charge in [0.1, 0.15) is 0 Å². The molecule has 1 aromatic heterocycles. The van der Waals surface area contributed by atoms with E-state index in [-0.39, 0.29) is 11.9 Å². The lowest BCUT2D eigenvalue weighted by Crippen LogP contribution is -2.51. The van der Waals surface area contributed by atoms with E-state index >= 15 is 0 Å². The van der Waals surface area contributed by atoms with Crippen LogP contribution in [0.3, 0.4) is 0 Å². The van der Waals surface area contributed by atoms with E-state index in [1.807, 2.05) is 0 Å². The summed E-state index contributed by atoms with van der Waals surface area (Å²) in [6.07, 6.45) is 4.70. The van der Waals surface area contributed by atoms with Crippen molar-refractivity contribution >= 4 is 5.91 Å². The number of nitrogens with zero attached hydrogens (tertiary/aromatic N) is 2. The van der Waals surface area contributed by atoms with Crippen molar-refractivity contribution in [3.8, 4) is 0 Å². The van der Waals surface area contributed by atoms with E-state index in [9.17, 15) is 4.79 Å². The van der Waals surface area contributed by atoms with Crippen molar-refractivity contribution in [2.24, 2.45) is 5.92 Å². The van der Waals surface area contributed by atoms with Gasteiger partial charge in [0.2, 0.25) is 5.91 Å². The van der Waals surface area contributed by atoms with Crippen LogP contribution in [0.4, 0.5) is 0 Å². The molecule has 3 heterocycles. The van der Waals surface area contributed by atoms with Crippen molar-refractivity contribution in [2.45, 2.75) is 51.7 Å². The highest BCUT2D eigenvalue weighted by molar-refractivity contribution is 5.83. The SMILES string of the molecule is CC(C)C1CCCN1C(=O)C1Cc2nc[nH]c2CN1. The number of imidazole rings is 1. The first kappa shape index (κ1) is 12.7. The fraction of sp³-hybridized carbons (Fsp3) is 0.714. The summed E-state index contributed by atoms with van der Waals surface area (Å²) < 4.78 is 0. The molecule has 1 fully saturated rings. The van der Waals surface area contributed by atoms with Gasteiger partial charge in [-0.1, -0.05) is 13.8 Å². The number of carbonyl (C=O) groups excluding carboxylic acids is 1. The second-order valence-corrected chi connectivity index (χ2v) is 5.95. The molecule has 104 valence electrons. The third-order valence-electron chi connectivity index (χ3n) is 4.38. The van der Waals surface area contributed by atoms with E-state index in [1.165, 1.54) is 0 Å². The predicted octanol–water partition coefficient (Wildman–Crippen LogP) is 1.07. The molecule has 19 heavy (non-hydrogen) atoms. The molecule has 0 aromatic carbocycles. The van der Waals surface area contributed by atoms with Gasteiger partial charge in [-0.05, 0) is 18.8 Å². The fourth-order valence-electron chi connectivity index (χ4n) is 3.30. The van der Waals surface area contributed by atoms with Gasteiger partial charge in [-0.3, -0.25) is 10.1 Å². The maximum Gasteiger partial charge on any atom is 0.240 e. The van der Waals surface area contributed by atoms with Crippen LogP contribution in [0.25, 0.3) is 0 Å². The minimum Gasteiger partial charge on any atom is -0.347 e. The third-order valence-corrected chi connectivity index (χ3v) is 4.38. The number of hydrogen-bond donors (Lipinski definition) is 2. The number of nitrogens with one attached hydrogen (secondary N) is 2. The minimum absolute atomic E-state index is 0.102. The standard InChI is InChI=1S/C14H22N4O/c1-9(2)13-4-3-5-18(13)14(19)11-6-10-12(7-15-11)17-8-16-10/h8-9,11,13,15H,3-7H2,1-2H3,(H,16,17). The molecule has 0 aliphatic carbocycles. The first-order valence-electron chi connectivity index (χ1n) is 7.22. The average molecular weight is 262 g/mol. The smallest absolute Gasteiger partial charge is 0.240 e. The number of amides is 1. The van der Waals surface area contributed by atoms with Crippen LogP contribution in [0.15, 0.2) is 6.33 Å². The van der Waals surface area contributed by atoms with Crippen LogP contribution in [-0.2, 0) is 17.8 Å². The largest absolute Gasteiger partial charge is 0.347 e. The number of carbonyl (C=O) groups is 1. The molecule has 0 radical (unpaired) electrons. The van der Waals surface area contributed by atoms with Crippen molar-refractivity contribution < 1.29 is 4.79 Å².